The Balaban J connectivity index is 2.48. The maximum absolute atomic E-state index is 13.0. The van der Waals surface area contributed by atoms with Gasteiger partial charge < -0.3 is 14.8 Å². The molecule has 0 saturated heterocycles. The Hall–Kier alpha value is -2.45. The highest BCUT2D eigenvalue weighted by molar-refractivity contribution is 7.92. The van der Waals surface area contributed by atoms with Gasteiger partial charge in [-0.2, -0.15) is 0 Å². The molecule has 0 aliphatic carbocycles. The molecule has 1 amide bonds. The molecule has 2 rings (SSSR count). The Kier molecular flexibility index (Phi) is 7.37. The van der Waals surface area contributed by atoms with Crippen LogP contribution in [0.5, 0.6) is 11.5 Å². The van der Waals surface area contributed by atoms with E-state index < -0.39 is 15.9 Å². The number of sulfonamides is 1. The molecule has 7 nitrogen and oxygen atoms in total. The minimum Gasteiger partial charge on any atom is -0.493 e. The van der Waals surface area contributed by atoms with Gasteiger partial charge in [-0.3, -0.25) is 9.10 Å². The molecule has 9 heteroatoms. The number of nitrogens with zero attached hydrogens (tertiary/aromatic N) is 1. The summed E-state index contributed by atoms with van der Waals surface area (Å²) in [6.45, 7) is 3.36. The molecule has 0 spiro atoms. The normalized spacial score (nSPS) is 12.2. The van der Waals surface area contributed by atoms with Crippen molar-refractivity contribution in [2.24, 2.45) is 0 Å². The highest BCUT2D eigenvalue weighted by Gasteiger charge is 2.25. The molecule has 1 N–H and O–H groups in total. The van der Waals surface area contributed by atoms with Crippen molar-refractivity contribution in [1.29, 1.82) is 0 Å². The van der Waals surface area contributed by atoms with Crippen molar-refractivity contribution in [1.82, 2.24) is 5.32 Å². The Bertz CT molecular complexity index is 977. The second kappa shape index (κ2) is 9.37. The van der Waals surface area contributed by atoms with Crippen LogP contribution in [0.3, 0.4) is 0 Å². The van der Waals surface area contributed by atoms with Crippen molar-refractivity contribution in [3.05, 3.63) is 52.5 Å². The monoisotopic (exact) mass is 440 g/mol. The van der Waals surface area contributed by atoms with Gasteiger partial charge >= 0.3 is 0 Å². The smallest absolute Gasteiger partial charge is 0.254 e. The molecule has 0 fully saturated rings. The maximum Gasteiger partial charge on any atom is 0.254 e. The second-order valence-electron chi connectivity index (χ2n) is 6.34. The van der Waals surface area contributed by atoms with Crippen molar-refractivity contribution < 1.29 is 22.7 Å². The van der Waals surface area contributed by atoms with Crippen molar-refractivity contribution in [2.75, 3.05) is 31.3 Å². The van der Waals surface area contributed by atoms with Crippen LogP contribution in [0.2, 0.25) is 5.02 Å². The van der Waals surface area contributed by atoms with Crippen LogP contribution in [0.4, 0.5) is 5.69 Å². The molecule has 0 aromatic heterocycles. The molecule has 1 unspecified atom stereocenters. The molecule has 0 heterocycles. The molecule has 0 radical (unpaired) electrons. The molecule has 29 heavy (non-hydrogen) atoms. The minimum absolute atomic E-state index is 0.111. The third-order valence-corrected chi connectivity index (χ3v) is 6.60. The number of methoxy groups -OCH3 is 2. The summed E-state index contributed by atoms with van der Waals surface area (Å²) < 4.78 is 36.5. The Morgan fingerprint density at radius 1 is 1.14 bits per heavy atom. The first-order valence-corrected chi connectivity index (χ1v) is 10.9. The van der Waals surface area contributed by atoms with E-state index in [4.69, 9.17) is 21.1 Å². The second-order valence-corrected chi connectivity index (χ2v) is 9.06. The summed E-state index contributed by atoms with van der Waals surface area (Å²) in [5.74, 6) is 0.0902. The first kappa shape index (κ1) is 22.8. The van der Waals surface area contributed by atoms with Crippen molar-refractivity contribution in [2.45, 2.75) is 19.9 Å². The van der Waals surface area contributed by atoms with Crippen LogP contribution < -0.4 is 19.1 Å². The minimum atomic E-state index is -3.59. The van der Waals surface area contributed by atoms with Crippen LogP contribution in [0, 0.1) is 0 Å². The Morgan fingerprint density at radius 3 is 2.21 bits per heavy atom. The Morgan fingerprint density at radius 2 is 1.69 bits per heavy atom. The summed E-state index contributed by atoms with van der Waals surface area (Å²) in [5.41, 5.74) is 1.22. The molecular formula is C20H25ClN2O5S. The highest BCUT2D eigenvalue weighted by Crippen LogP contribution is 2.36. The van der Waals surface area contributed by atoms with Gasteiger partial charge in [0.1, 0.15) is 0 Å². The molecule has 2 aromatic carbocycles. The SMILES string of the molecule is CCS(=O)(=O)N(C)c1cc(OC)c(OC)cc1C(=O)NC(C)c1ccc(Cl)cc1. The topological polar surface area (TPSA) is 84.9 Å². The molecule has 0 saturated carbocycles. The van der Waals surface area contributed by atoms with Crippen LogP contribution in [-0.2, 0) is 10.0 Å². The number of nitrogens with one attached hydrogen (secondary N) is 1. The van der Waals surface area contributed by atoms with Crippen LogP contribution in [0.1, 0.15) is 35.8 Å². The number of amides is 1. The lowest BCUT2D eigenvalue weighted by atomic mass is 10.1. The third kappa shape index (κ3) is 5.13. The van der Waals surface area contributed by atoms with Gasteiger partial charge in [-0.15, -0.1) is 0 Å². The number of ether oxygens (including phenoxy) is 2. The standard InChI is InChI=1S/C20H25ClN2O5S/c1-6-29(25,26)23(3)17-12-19(28-5)18(27-4)11-16(17)20(24)22-13(2)14-7-9-15(21)10-8-14/h7-13H,6H2,1-5H3,(H,22,24). The summed E-state index contributed by atoms with van der Waals surface area (Å²) in [5, 5.41) is 3.48. The number of hydrogen-bond acceptors (Lipinski definition) is 5. The van der Waals surface area contributed by atoms with E-state index in [0.29, 0.717) is 16.5 Å². The van der Waals surface area contributed by atoms with Gasteiger partial charge in [0, 0.05) is 18.1 Å². The van der Waals surface area contributed by atoms with Crippen LogP contribution in [0.15, 0.2) is 36.4 Å². The lowest BCUT2D eigenvalue weighted by molar-refractivity contribution is 0.0940. The summed E-state index contributed by atoms with van der Waals surface area (Å²) in [4.78, 5) is 13.0. The fourth-order valence-corrected chi connectivity index (χ4v) is 3.73. The average molecular weight is 441 g/mol. The van der Waals surface area contributed by atoms with Gasteiger partial charge in [0.2, 0.25) is 10.0 Å². The van der Waals surface area contributed by atoms with E-state index in [1.165, 1.54) is 40.3 Å². The van der Waals surface area contributed by atoms with Gasteiger partial charge in [-0.1, -0.05) is 23.7 Å². The summed E-state index contributed by atoms with van der Waals surface area (Å²) in [6.07, 6.45) is 0. The zero-order valence-electron chi connectivity index (χ0n) is 17.0. The van der Waals surface area contributed by atoms with E-state index in [2.05, 4.69) is 5.32 Å². The largest absolute Gasteiger partial charge is 0.493 e. The van der Waals surface area contributed by atoms with Crippen LogP contribution in [0.25, 0.3) is 0 Å². The molecule has 1 atom stereocenters. The van der Waals surface area contributed by atoms with E-state index in [1.54, 1.807) is 12.1 Å². The van der Waals surface area contributed by atoms with E-state index in [1.807, 2.05) is 19.1 Å². The molecule has 0 aliphatic rings. The van der Waals surface area contributed by atoms with Crippen LogP contribution in [-0.4, -0.2) is 41.3 Å². The maximum atomic E-state index is 13.0. The van der Waals surface area contributed by atoms with E-state index in [9.17, 15) is 13.2 Å². The number of carbonyl (C=O) groups excluding carboxylic acids is 1. The summed E-state index contributed by atoms with van der Waals surface area (Å²) >= 11 is 5.92. The molecule has 2 aromatic rings. The van der Waals surface area contributed by atoms with Gasteiger partial charge in [0.25, 0.3) is 5.91 Å². The van der Waals surface area contributed by atoms with Gasteiger partial charge in [-0.05, 0) is 37.6 Å². The molecular weight excluding hydrogens is 416 g/mol. The quantitative estimate of drug-likeness (QED) is 0.677. The zero-order chi connectivity index (χ0) is 21.8. The highest BCUT2D eigenvalue weighted by atomic mass is 35.5. The number of benzene rings is 2. The Labute approximate surface area is 176 Å². The predicted octanol–water partition coefficient (Wildman–Crippen LogP) is 3.63. The van der Waals surface area contributed by atoms with E-state index in [-0.39, 0.29) is 23.0 Å². The third-order valence-electron chi connectivity index (χ3n) is 4.59. The summed E-state index contributed by atoms with van der Waals surface area (Å²) in [7, 11) is 0.697. The van der Waals surface area contributed by atoms with Gasteiger partial charge in [0.15, 0.2) is 11.5 Å². The van der Waals surface area contributed by atoms with Crippen molar-refractivity contribution in [3.8, 4) is 11.5 Å². The fourth-order valence-electron chi connectivity index (χ4n) is 2.76. The van der Waals surface area contributed by atoms with Gasteiger partial charge in [0.05, 0.1) is 37.3 Å². The van der Waals surface area contributed by atoms with Gasteiger partial charge in [-0.25, -0.2) is 8.42 Å². The summed E-state index contributed by atoms with van der Waals surface area (Å²) in [6, 6.07) is 9.74. The van der Waals surface area contributed by atoms with E-state index >= 15 is 0 Å². The first-order valence-electron chi connectivity index (χ1n) is 8.93. The number of rotatable bonds is 8. The average Bonchev–Trinajstić information content (AvgIpc) is 2.72. The molecule has 158 valence electrons. The van der Waals surface area contributed by atoms with Crippen molar-refractivity contribution >= 4 is 33.2 Å². The number of anilines is 1. The molecule has 0 bridgehead atoms. The van der Waals surface area contributed by atoms with E-state index in [0.717, 1.165) is 9.87 Å². The number of halogens is 1. The predicted molar refractivity (Wildman–Crippen MR) is 115 cm³/mol. The van der Waals surface area contributed by atoms with Crippen molar-refractivity contribution in [3.63, 3.8) is 0 Å². The molecule has 0 aliphatic heterocycles. The lowest BCUT2D eigenvalue weighted by Gasteiger charge is -2.24. The number of carbonyl (C=O) groups is 1. The first-order chi connectivity index (χ1) is 13.6. The lowest BCUT2D eigenvalue weighted by Crippen LogP contribution is -2.32. The number of hydrogen-bond donors (Lipinski definition) is 1. The van der Waals surface area contributed by atoms with Crippen LogP contribution >= 0.6 is 11.6 Å². The zero-order valence-corrected chi connectivity index (χ0v) is 18.6. The fraction of sp³-hybridized carbons (Fsp3) is 0.350.